The van der Waals surface area contributed by atoms with E-state index in [4.69, 9.17) is 9.47 Å². The maximum atomic E-state index is 5.51. The molecule has 4 heteroatoms. The van der Waals surface area contributed by atoms with Gasteiger partial charge in [-0.3, -0.25) is 4.90 Å². The number of methoxy groups -OCH3 is 1. The third-order valence-electron chi connectivity index (χ3n) is 5.76. The van der Waals surface area contributed by atoms with Gasteiger partial charge in [-0.2, -0.15) is 0 Å². The SMILES string of the molecule is COc1ccc2[nH]cc(C[C@H]3CCCN3CC3CCOCC3)c2c1. The molecule has 2 aliphatic heterocycles. The van der Waals surface area contributed by atoms with Gasteiger partial charge in [0.15, 0.2) is 0 Å². The van der Waals surface area contributed by atoms with Crippen molar-refractivity contribution in [2.24, 2.45) is 5.92 Å². The van der Waals surface area contributed by atoms with Crippen LogP contribution < -0.4 is 4.74 Å². The third-order valence-corrected chi connectivity index (χ3v) is 5.76. The number of likely N-dealkylation sites (tertiary alicyclic amines) is 1. The van der Waals surface area contributed by atoms with E-state index in [0.717, 1.165) is 31.3 Å². The van der Waals surface area contributed by atoms with Crippen molar-refractivity contribution in [2.45, 2.75) is 38.1 Å². The van der Waals surface area contributed by atoms with Crippen LogP contribution in [-0.4, -0.2) is 49.3 Å². The first-order valence-corrected chi connectivity index (χ1v) is 9.29. The quantitative estimate of drug-likeness (QED) is 0.911. The number of H-pyrrole nitrogens is 1. The third kappa shape index (κ3) is 3.31. The number of aromatic nitrogens is 1. The molecule has 0 unspecified atom stereocenters. The Kier molecular flexibility index (Phi) is 4.76. The van der Waals surface area contributed by atoms with Crippen LogP contribution in [0.4, 0.5) is 0 Å². The summed E-state index contributed by atoms with van der Waals surface area (Å²) < 4.78 is 10.9. The molecule has 1 aromatic heterocycles. The van der Waals surface area contributed by atoms with Crippen LogP contribution in [0.2, 0.25) is 0 Å². The maximum absolute atomic E-state index is 5.51. The zero-order valence-corrected chi connectivity index (χ0v) is 14.6. The molecule has 2 aliphatic rings. The standard InChI is InChI=1S/C20H28N2O2/c1-23-18-4-5-20-19(12-18)16(13-21-20)11-17-3-2-8-22(17)14-15-6-9-24-10-7-15/h4-5,12-13,15,17,21H,2-3,6-11,14H2,1H3/t17-/m1/s1. The van der Waals surface area contributed by atoms with Crippen molar-refractivity contribution in [1.82, 2.24) is 9.88 Å². The van der Waals surface area contributed by atoms with Crippen LogP contribution in [0, 0.1) is 5.92 Å². The number of ether oxygens (including phenoxy) is 2. The number of hydrogen-bond acceptors (Lipinski definition) is 3. The molecule has 24 heavy (non-hydrogen) atoms. The molecule has 0 spiro atoms. The molecule has 2 saturated heterocycles. The maximum Gasteiger partial charge on any atom is 0.119 e. The minimum atomic E-state index is 0.679. The summed E-state index contributed by atoms with van der Waals surface area (Å²) in [5.74, 6) is 1.76. The monoisotopic (exact) mass is 328 g/mol. The highest BCUT2D eigenvalue weighted by Crippen LogP contribution is 2.29. The van der Waals surface area contributed by atoms with Gasteiger partial charge in [-0.25, -0.2) is 0 Å². The lowest BCUT2D eigenvalue weighted by Gasteiger charge is -2.31. The lowest BCUT2D eigenvalue weighted by atomic mass is 9.98. The smallest absolute Gasteiger partial charge is 0.119 e. The van der Waals surface area contributed by atoms with E-state index in [1.54, 1.807) is 7.11 Å². The number of nitrogens with one attached hydrogen (secondary N) is 1. The number of aromatic amines is 1. The van der Waals surface area contributed by atoms with E-state index < -0.39 is 0 Å². The summed E-state index contributed by atoms with van der Waals surface area (Å²) in [4.78, 5) is 6.15. The van der Waals surface area contributed by atoms with Gasteiger partial charge >= 0.3 is 0 Å². The van der Waals surface area contributed by atoms with Crippen molar-refractivity contribution in [1.29, 1.82) is 0 Å². The van der Waals surface area contributed by atoms with Crippen LogP contribution in [0.3, 0.4) is 0 Å². The molecule has 130 valence electrons. The van der Waals surface area contributed by atoms with E-state index in [0.29, 0.717) is 6.04 Å². The van der Waals surface area contributed by atoms with Crippen LogP contribution >= 0.6 is 0 Å². The molecular formula is C20H28N2O2. The topological polar surface area (TPSA) is 37.5 Å². The average molecular weight is 328 g/mol. The van der Waals surface area contributed by atoms with Crippen molar-refractivity contribution < 1.29 is 9.47 Å². The average Bonchev–Trinajstić information content (AvgIpc) is 3.23. The molecule has 0 bridgehead atoms. The summed E-state index contributed by atoms with van der Waals surface area (Å²) in [6.07, 6.45) is 8.44. The Balaban J connectivity index is 1.47. The van der Waals surface area contributed by atoms with Crippen LogP contribution in [0.5, 0.6) is 5.75 Å². The van der Waals surface area contributed by atoms with Crippen LogP contribution in [0.1, 0.15) is 31.2 Å². The van der Waals surface area contributed by atoms with Gasteiger partial charge < -0.3 is 14.5 Å². The number of rotatable bonds is 5. The number of benzene rings is 1. The van der Waals surface area contributed by atoms with E-state index in [-0.39, 0.29) is 0 Å². The van der Waals surface area contributed by atoms with Gasteiger partial charge in [-0.05, 0) is 68.3 Å². The number of fused-ring (bicyclic) bond motifs is 1. The molecule has 0 amide bonds. The Morgan fingerprint density at radius 3 is 2.96 bits per heavy atom. The van der Waals surface area contributed by atoms with Crippen LogP contribution in [0.25, 0.3) is 10.9 Å². The van der Waals surface area contributed by atoms with Crippen molar-refractivity contribution in [3.8, 4) is 5.75 Å². The Morgan fingerprint density at radius 2 is 2.12 bits per heavy atom. The zero-order chi connectivity index (χ0) is 16.4. The van der Waals surface area contributed by atoms with Crippen molar-refractivity contribution in [3.05, 3.63) is 30.0 Å². The van der Waals surface area contributed by atoms with E-state index in [1.807, 2.05) is 6.07 Å². The summed E-state index contributed by atoms with van der Waals surface area (Å²) in [5, 5.41) is 1.31. The fraction of sp³-hybridized carbons (Fsp3) is 0.600. The molecule has 4 rings (SSSR count). The van der Waals surface area contributed by atoms with Gasteiger partial charge in [0.25, 0.3) is 0 Å². The molecule has 0 saturated carbocycles. The first-order valence-electron chi connectivity index (χ1n) is 9.29. The van der Waals surface area contributed by atoms with Crippen molar-refractivity contribution in [3.63, 3.8) is 0 Å². The first kappa shape index (κ1) is 16.0. The minimum Gasteiger partial charge on any atom is -0.497 e. The summed E-state index contributed by atoms with van der Waals surface area (Å²) in [6.45, 7) is 4.41. The minimum absolute atomic E-state index is 0.679. The van der Waals surface area contributed by atoms with E-state index in [9.17, 15) is 0 Å². The lowest BCUT2D eigenvalue weighted by Crippen LogP contribution is -2.37. The van der Waals surface area contributed by atoms with Gasteiger partial charge in [-0.15, -0.1) is 0 Å². The first-order chi connectivity index (χ1) is 11.8. The van der Waals surface area contributed by atoms with Crippen molar-refractivity contribution in [2.75, 3.05) is 33.4 Å². The van der Waals surface area contributed by atoms with E-state index >= 15 is 0 Å². The molecule has 2 fully saturated rings. The zero-order valence-electron chi connectivity index (χ0n) is 14.6. The second-order valence-corrected chi connectivity index (χ2v) is 7.28. The largest absolute Gasteiger partial charge is 0.497 e. The normalized spacial score (nSPS) is 23.1. The molecule has 4 nitrogen and oxygen atoms in total. The fourth-order valence-corrected chi connectivity index (χ4v) is 4.33. The second-order valence-electron chi connectivity index (χ2n) is 7.28. The predicted molar refractivity (Wildman–Crippen MR) is 96.7 cm³/mol. The molecular weight excluding hydrogens is 300 g/mol. The lowest BCUT2D eigenvalue weighted by molar-refractivity contribution is 0.0507. The van der Waals surface area contributed by atoms with Gasteiger partial charge in [0.1, 0.15) is 5.75 Å². The van der Waals surface area contributed by atoms with Gasteiger partial charge in [0.2, 0.25) is 0 Å². The molecule has 0 aliphatic carbocycles. The molecule has 1 aromatic carbocycles. The van der Waals surface area contributed by atoms with E-state index in [2.05, 4.69) is 28.2 Å². The summed E-state index contributed by atoms with van der Waals surface area (Å²) >= 11 is 0. The summed E-state index contributed by atoms with van der Waals surface area (Å²) in [7, 11) is 1.74. The Morgan fingerprint density at radius 1 is 1.25 bits per heavy atom. The Hall–Kier alpha value is -1.52. The number of hydrogen-bond donors (Lipinski definition) is 1. The predicted octanol–water partition coefficient (Wildman–Crippen LogP) is 3.61. The molecule has 3 heterocycles. The van der Waals surface area contributed by atoms with E-state index in [1.165, 1.54) is 55.2 Å². The van der Waals surface area contributed by atoms with Crippen molar-refractivity contribution >= 4 is 10.9 Å². The molecule has 0 radical (unpaired) electrons. The van der Waals surface area contributed by atoms with Crippen LogP contribution in [-0.2, 0) is 11.2 Å². The van der Waals surface area contributed by atoms with Gasteiger partial charge in [0.05, 0.1) is 7.11 Å². The van der Waals surface area contributed by atoms with Crippen LogP contribution in [0.15, 0.2) is 24.4 Å². The van der Waals surface area contributed by atoms with Gasteiger partial charge in [-0.1, -0.05) is 0 Å². The second kappa shape index (κ2) is 7.16. The molecule has 1 N–H and O–H groups in total. The highest BCUT2D eigenvalue weighted by molar-refractivity contribution is 5.84. The summed E-state index contributed by atoms with van der Waals surface area (Å²) in [5.41, 5.74) is 2.63. The molecule has 2 aromatic rings. The Labute approximate surface area is 144 Å². The number of nitrogens with zero attached hydrogens (tertiary/aromatic N) is 1. The highest BCUT2D eigenvalue weighted by Gasteiger charge is 2.28. The fourth-order valence-electron chi connectivity index (χ4n) is 4.33. The van der Waals surface area contributed by atoms with Gasteiger partial charge in [0, 0.05) is 42.9 Å². The molecule has 1 atom stereocenters. The Bertz CT molecular complexity index is 675. The summed E-state index contributed by atoms with van der Waals surface area (Å²) in [6, 6.07) is 6.98. The highest BCUT2D eigenvalue weighted by atomic mass is 16.5.